The lowest BCUT2D eigenvalue weighted by atomic mass is 10.1. The maximum absolute atomic E-state index is 13.2. The number of aromatic nitrogens is 1. The number of amides is 3. The molecule has 1 heterocycles. The summed E-state index contributed by atoms with van der Waals surface area (Å²) in [6.45, 7) is 1.77. The molecule has 0 fully saturated rings. The van der Waals surface area contributed by atoms with Gasteiger partial charge in [-0.15, -0.1) is 0 Å². The van der Waals surface area contributed by atoms with Crippen LogP contribution in [0.4, 0.5) is 5.69 Å². The van der Waals surface area contributed by atoms with E-state index in [9.17, 15) is 14.4 Å². The monoisotopic (exact) mass is 524 g/mol. The maximum Gasteiger partial charge on any atom is 0.328 e. The zero-order chi connectivity index (χ0) is 25.8. The summed E-state index contributed by atoms with van der Waals surface area (Å²) < 4.78 is 6.66. The molecule has 1 atom stereocenters. The van der Waals surface area contributed by atoms with Gasteiger partial charge in [0.2, 0.25) is 0 Å². The van der Waals surface area contributed by atoms with Crippen molar-refractivity contribution in [2.45, 2.75) is 13.0 Å². The second-order valence-corrected chi connectivity index (χ2v) is 8.73. The van der Waals surface area contributed by atoms with E-state index in [0.29, 0.717) is 27.4 Å². The topological polar surface area (TPSA) is 101 Å². The van der Waals surface area contributed by atoms with Crippen LogP contribution in [0.2, 0.25) is 10.0 Å². The molecular formula is C26H22Cl2N4O4. The van der Waals surface area contributed by atoms with Crippen molar-refractivity contribution in [3.63, 3.8) is 0 Å². The summed E-state index contributed by atoms with van der Waals surface area (Å²) in [5, 5.41) is 6.64. The van der Waals surface area contributed by atoms with Gasteiger partial charge < -0.3 is 15.4 Å². The average Bonchev–Trinajstić information content (AvgIpc) is 3.24. The van der Waals surface area contributed by atoms with E-state index in [0.717, 1.165) is 5.56 Å². The predicted molar refractivity (Wildman–Crippen MR) is 140 cm³/mol. The second kappa shape index (κ2) is 10.7. The third-order valence-corrected chi connectivity index (χ3v) is 6.03. The third-order valence-electron chi connectivity index (χ3n) is 5.49. The zero-order valence-corrected chi connectivity index (χ0v) is 20.9. The molecule has 184 valence electrons. The number of nitrogens with zero attached hydrogens (tertiary/aromatic N) is 1. The Labute approximate surface area is 217 Å². The number of hydrogen-bond donors (Lipinski definition) is 3. The molecule has 3 N–H and O–H groups in total. The first-order valence-corrected chi connectivity index (χ1v) is 11.7. The Bertz CT molecular complexity index is 1450. The van der Waals surface area contributed by atoms with Gasteiger partial charge in [-0.1, -0.05) is 65.7 Å². The summed E-state index contributed by atoms with van der Waals surface area (Å²) in [5.74, 6) is -2.00. The van der Waals surface area contributed by atoms with Crippen LogP contribution in [0.5, 0.6) is 5.75 Å². The van der Waals surface area contributed by atoms with E-state index in [-0.39, 0.29) is 10.7 Å². The number of carbonyl (C=O) groups excluding carboxylic acids is 3. The Morgan fingerprint density at radius 2 is 1.67 bits per heavy atom. The van der Waals surface area contributed by atoms with E-state index in [1.54, 1.807) is 43.3 Å². The number of benzene rings is 3. The summed E-state index contributed by atoms with van der Waals surface area (Å²) in [4.78, 5) is 38.8. The first-order valence-electron chi connectivity index (χ1n) is 10.9. The molecule has 0 saturated heterocycles. The number of fused-ring (bicyclic) bond motifs is 1. The van der Waals surface area contributed by atoms with Crippen LogP contribution in [0, 0.1) is 0 Å². The van der Waals surface area contributed by atoms with Gasteiger partial charge in [-0.25, -0.2) is 4.68 Å². The van der Waals surface area contributed by atoms with Crippen LogP contribution in [0.25, 0.3) is 10.9 Å². The number of methoxy groups -OCH3 is 1. The summed E-state index contributed by atoms with van der Waals surface area (Å²) in [6.07, 6.45) is 0. The van der Waals surface area contributed by atoms with Gasteiger partial charge >= 0.3 is 11.8 Å². The molecule has 10 heteroatoms. The fraction of sp³-hybridized carbons (Fsp3) is 0.115. The van der Waals surface area contributed by atoms with Crippen LogP contribution in [-0.2, 0) is 9.59 Å². The molecule has 36 heavy (non-hydrogen) atoms. The number of hydrogen-bond acceptors (Lipinski definition) is 4. The van der Waals surface area contributed by atoms with Gasteiger partial charge in [-0.2, -0.15) is 0 Å². The lowest BCUT2D eigenvalue weighted by Gasteiger charge is -2.16. The van der Waals surface area contributed by atoms with Crippen molar-refractivity contribution in [3.05, 3.63) is 94.1 Å². The lowest BCUT2D eigenvalue weighted by molar-refractivity contribution is -0.137. The van der Waals surface area contributed by atoms with Gasteiger partial charge in [0.05, 0.1) is 23.9 Å². The van der Waals surface area contributed by atoms with Crippen LogP contribution in [0.3, 0.4) is 0 Å². The molecule has 3 amide bonds. The van der Waals surface area contributed by atoms with Gasteiger partial charge in [0, 0.05) is 10.4 Å². The van der Waals surface area contributed by atoms with E-state index in [1.165, 1.54) is 17.9 Å². The van der Waals surface area contributed by atoms with Crippen LogP contribution < -0.4 is 20.8 Å². The van der Waals surface area contributed by atoms with Gasteiger partial charge in [0.15, 0.2) is 0 Å². The van der Waals surface area contributed by atoms with Gasteiger partial charge in [-0.05, 0) is 42.8 Å². The van der Waals surface area contributed by atoms with Crippen molar-refractivity contribution in [3.8, 4) is 5.75 Å². The first-order chi connectivity index (χ1) is 17.3. The summed E-state index contributed by atoms with van der Waals surface area (Å²) in [6, 6.07) is 20.2. The minimum absolute atomic E-state index is 0.0535. The highest BCUT2D eigenvalue weighted by Crippen LogP contribution is 2.30. The van der Waals surface area contributed by atoms with Crippen LogP contribution >= 0.6 is 23.2 Å². The Morgan fingerprint density at radius 3 is 2.36 bits per heavy atom. The minimum atomic E-state index is -0.959. The standard InChI is InChI=1S/C26H22Cl2N4O4/c1-15(16-7-4-3-5-8-16)29-25(34)26(35)31-32-21(13-17-9-6-10-22(36-2)23(17)32)24(33)30-20-12-11-18(27)14-19(20)28/h3-15H,1-2H3,(H,29,34)(H,30,33)(H,31,35)/t15-/m0/s1. The highest BCUT2D eigenvalue weighted by molar-refractivity contribution is 6.38. The second-order valence-electron chi connectivity index (χ2n) is 7.89. The fourth-order valence-corrected chi connectivity index (χ4v) is 4.15. The number of rotatable bonds is 6. The first kappa shape index (κ1) is 25.1. The molecule has 4 aromatic rings. The number of para-hydroxylation sites is 1. The molecular weight excluding hydrogens is 503 g/mol. The molecule has 0 radical (unpaired) electrons. The SMILES string of the molecule is COc1cccc2cc(C(=O)Nc3ccc(Cl)cc3Cl)n(NC(=O)C(=O)N[C@@H](C)c3ccccc3)c12. The molecule has 0 saturated carbocycles. The van der Waals surface area contributed by atoms with Crippen molar-refractivity contribution < 1.29 is 19.1 Å². The number of nitrogens with one attached hydrogen (secondary N) is 3. The molecule has 3 aromatic carbocycles. The molecule has 0 spiro atoms. The quantitative estimate of drug-likeness (QED) is 0.303. The van der Waals surface area contributed by atoms with Crippen LogP contribution in [-0.4, -0.2) is 29.5 Å². The molecule has 0 bridgehead atoms. The van der Waals surface area contributed by atoms with Crippen LogP contribution in [0.15, 0.2) is 72.8 Å². The molecule has 0 aliphatic rings. The summed E-state index contributed by atoms with van der Waals surface area (Å²) in [7, 11) is 1.47. The third kappa shape index (κ3) is 5.30. The lowest BCUT2D eigenvalue weighted by Crippen LogP contribution is -2.40. The average molecular weight is 525 g/mol. The largest absolute Gasteiger partial charge is 0.494 e. The minimum Gasteiger partial charge on any atom is -0.494 e. The molecule has 4 rings (SSSR count). The number of anilines is 1. The zero-order valence-electron chi connectivity index (χ0n) is 19.3. The number of carbonyl (C=O) groups is 3. The molecule has 0 unspecified atom stereocenters. The predicted octanol–water partition coefficient (Wildman–Crippen LogP) is 5.16. The normalized spacial score (nSPS) is 11.6. The molecule has 1 aromatic heterocycles. The molecule has 8 nitrogen and oxygen atoms in total. The summed E-state index contributed by atoms with van der Waals surface area (Å²) >= 11 is 12.1. The molecule has 0 aliphatic carbocycles. The van der Waals surface area contributed by atoms with Gasteiger partial charge in [0.1, 0.15) is 17.0 Å². The highest BCUT2D eigenvalue weighted by atomic mass is 35.5. The van der Waals surface area contributed by atoms with Crippen molar-refractivity contribution >= 4 is 57.5 Å². The van der Waals surface area contributed by atoms with E-state index < -0.39 is 23.8 Å². The van der Waals surface area contributed by atoms with Gasteiger partial charge in [-0.3, -0.25) is 19.8 Å². The van der Waals surface area contributed by atoms with Crippen molar-refractivity contribution in [1.82, 2.24) is 9.99 Å². The van der Waals surface area contributed by atoms with E-state index >= 15 is 0 Å². The smallest absolute Gasteiger partial charge is 0.328 e. The van der Waals surface area contributed by atoms with Gasteiger partial charge in [0.25, 0.3) is 5.91 Å². The molecule has 0 aliphatic heterocycles. The Hall–Kier alpha value is -4.01. The van der Waals surface area contributed by atoms with Crippen LogP contribution in [0.1, 0.15) is 29.0 Å². The fourth-order valence-electron chi connectivity index (χ4n) is 3.69. The number of halogens is 2. The van der Waals surface area contributed by atoms with E-state index in [2.05, 4.69) is 16.1 Å². The van der Waals surface area contributed by atoms with Crippen molar-refractivity contribution in [2.24, 2.45) is 0 Å². The Morgan fingerprint density at radius 1 is 0.917 bits per heavy atom. The van der Waals surface area contributed by atoms with Crippen molar-refractivity contribution in [2.75, 3.05) is 17.9 Å². The maximum atomic E-state index is 13.2. The van der Waals surface area contributed by atoms with Crippen molar-refractivity contribution in [1.29, 1.82) is 0 Å². The number of ether oxygens (including phenoxy) is 1. The Balaban J connectivity index is 1.65. The summed E-state index contributed by atoms with van der Waals surface area (Å²) in [5.41, 5.74) is 4.16. The Kier molecular flexibility index (Phi) is 7.47. The van der Waals surface area contributed by atoms with E-state index in [1.807, 2.05) is 30.3 Å². The van der Waals surface area contributed by atoms with E-state index in [4.69, 9.17) is 27.9 Å². The highest BCUT2D eigenvalue weighted by Gasteiger charge is 2.24.